The summed E-state index contributed by atoms with van der Waals surface area (Å²) >= 11 is 0. The molecule has 21 heavy (non-hydrogen) atoms. The fourth-order valence-electron chi connectivity index (χ4n) is 2.65. The normalized spacial score (nSPS) is 26.6. The van der Waals surface area contributed by atoms with Crippen LogP contribution in [-0.4, -0.2) is 25.5 Å². The Kier molecular flexibility index (Phi) is 2.93. The molecule has 1 saturated carbocycles. The van der Waals surface area contributed by atoms with Gasteiger partial charge < -0.3 is 14.3 Å². The van der Waals surface area contributed by atoms with Gasteiger partial charge in [0.05, 0.1) is 0 Å². The van der Waals surface area contributed by atoms with Crippen molar-refractivity contribution >= 4 is 14.3 Å². The summed E-state index contributed by atoms with van der Waals surface area (Å²) < 4.78 is 12.0. The first kappa shape index (κ1) is 14.4. The van der Waals surface area contributed by atoms with Crippen LogP contribution in [0.1, 0.15) is 32.3 Å². The third-order valence-electron chi connectivity index (χ3n) is 5.02. The van der Waals surface area contributed by atoms with Gasteiger partial charge in [-0.1, -0.05) is 20.8 Å². The second kappa shape index (κ2) is 4.26. The summed E-state index contributed by atoms with van der Waals surface area (Å²) in [6.07, 6.45) is -0.180. The molecule has 1 aromatic carbocycles. The maximum absolute atomic E-state index is 11.1. The molecule has 1 aliphatic heterocycles. The molecule has 1 aliphatic carbocycles. The van der Waals surface area contributed by atoms with E-state index in [0.717, 1.165) is 17.1 Å². The van der Waals surface area contributed by atoms with E-state index in [1.54, 1.807) is 0 Å². The lowest BCUT2D eigenvalue weighted by Gasteiger charge is -2.36. The number of aliphatic carboxylic acids is 1. The van der Waals surface area contributed by atoms with Gasteiger partial charge in [0.15, 0.2) is 0 Å². The number of fused-ring (bicyclic) bond motifs is 3. The third kappa shape index (κ3) is 2.23. The highest BCUT2D eigenvalue weighted by Crippen LogP contribution is 2.59. The molecule has 0 aromatic heterocycles. The largest absolute Gasteiger partial charge is 0.543 e. The van der Waals surface area contributed by atoms with E-state index in [4.69, 9.17) is 14.3 Å². The highest BCUT2D eigenvalue weighted by molar-refractivity contribution is 6.74. The van der Waals surface area contributed by atoms with Gasteiger partial charge in [-0.25, -0.2) is 0 Å². The number of carboxylic acids is 1. The second-order valence-corrected chi connectivity index (χ2v) is 12.3. The minimum Gasteiger partial charge on any atom is -0.543 e. The molecule has 0 saturated heterocycles. The molecule has 1 heterocycles. The molecule has 0 amide bonds. The van der Waals surface area contributed by atoms with E-state index in [9.17, 15) is 4.79 Å². The van der Waals surface area contributed by atoms with Crippen molar-refractivity contribution in [3.05, 3.63) is 23.8 Å². The molecule has 1 N–H and O–H groups in total. The number of carbonyl (C=O) groups is 1. The molecule has 2 aliphatic rings. The van der Waals surface area contributed by atoms with E-state index < -0.39 is 14.3 Å². The Morgan fingerprint density at radius 1 is 1.33 bits per heavy atom. The molecule has 3 rings (SSSR count). The SMILES string of the molecule is CC(C)(C)[Si](C)(C)Oc1ccc2c(c1)C1C(O2)C1C(=O)O. The van der Waals surface area contributed by atoms with Gasteiger partial charge in [-0.3, -0.25) is 4.79 Å². The van der Waals surface area contributed by atoms with Gasteiger partial charge in [0.1, 0.15) is 23.5 Å². The van der Waals surface area contributed by atoms with E-state index in [1.807, 2.05) is 18.2 Å². The van der Waals surface area contributed by atoms with Gasteiger partial charge >= 0.3 is 5.97 Å². The predicted molar refractivity (Wildman–Crippen MR) is 82.5 cm³/mol. The van der Waals surface area contributed by atoms with E-state index >= 15 is 0 Å². The van der Waals surface area contributed by atoms with Crippen LogP contribution < -0.4 is 9.16 Å². The van der Waals surface area contributed by atoms with Crippen LogP contribution in [0, 0.1) is 5.92 Å². The number of rotatable bonds is 3. The summed E-state index contributed by atoms with van der Waals surface area (Å²) in [7, 11) is -1.88. The van der Waals surface area contributed by atoms with Crippen molar-refractivity contribution in [2.45, 2.75) is 50.9 Å². The van der Waals surface area contributed by atoms with E-state index in [-0.39, 0.29) is 23.0 Å². The van der Waals surface area contributed by atoms with E-state index in [2.05, 4.69) is 33.9 Å². The quantitative estimate of drug-likeness (QED) is 0.866. The Morgan fingerprint density at radius 2 is 2.00 bits per heavy atom. The van der Waals surface area contributed by atoms with Gasteiger partial charge in [-0.2, -0.15) is 0 Å². The smallest absolute Gasteiger partial charge is 0.311 e. The van der Waals surface area contributed by atoms with E-state index in [1.165, 1.54) is 0 Å². The lowest BCUT2D eigenvalue weighted by molar-refractivity contribution is -0.139. The molecule has 0 bridgehead atoms. The van der Waals surface area contributed by atoms with Crippen LogP contribution in [0.3, 0.4) is 0 Å². The zero-order chi connectivity index (χ0) is 15.6. The molecule has 1 fully saturated rings. The summed E-state index contributed by atoms with van der Waals surface area (Å²) in [6, 6.07) is 5.81. The molecule has 0 spiro atoms. The zero-order valence-electron chi connectivity index (χ0n) is 13.1. The van der Waals surface area contributed by atoms with Gasteiger partial charge in [0.2, 0.25) is 8.32 Å². The van der Waals surface area contributed by atoms with Gasteiger partial charge in [0.25, 0.3) is 0 Å². The Hall–Kier alpha value is -1.49. The summed E-state index contributed by atoms with van der Waals surface area (Å²) in [4.78, 5) is 11.1. The fraction of sp³-hybridized carbons (Fsp3) is 0.562. The second-order valence-electron chi connectivity index (χ2n) is 7.53. The number of benzene rings is 1. The Bertz CT molecular complexity index is 603. The van der Waals surface area contributed by atoms with Crippen molar-refractivity contribution in [3.8, 4) is 11.5 Å². The molecule has 0 radical (unpaired) electrons. The van der Waals surface area contributed by atoms with Gasteiger partial charge in [-0.15, -0.1) is 0 Å². The average Bonchev–Trinajstić information content (AvgIpc) is 2.93. The maximum Gasteiger partial charge on any atom is 0.311 e. The fourth-order valence-corrected chi connectivity index (χ4v) is 3.67. The first-order valence-electron chi connectivity index (χ1n) is 7.34. The van der Waals surface area contributed by atoms with Crippen LogP contribution in [0.4, 0.5) is 0 Å². The summed E-state index contributed by atoms with van der Waals surface area (Å²) in [5.74, 6) is 0.484. The minimum atomic E-state index is -1.88. The van der Waals surface area contributed by atoms with Gasteiger partial charge in [0, 0.05) is 11.5 Å². The van der Waals surface area contributed by atoms with Crippen LogP contribution in [-0.2, 0) is 4.79 Å². The minimum absolute atomic E-state index is 0.000431. The van der Waals surface area contributed by atoms with Crippen molar-refractivity contribution in [2.24, 2.45) is 5.92 Å². The number of hydrogen-bond acceptors (Lipinski definition) is 3. The Balaban J connectivity index is 1.84. The molecule has 1 aromatic rings. The van der Waals surface area contributed by atoms with Crippen LogP contribution in [0.2, 0.25) is 18.1 Å². The Morgan fingerprint density at radius 3 is 2.57 bits per heavy atom. The van der Waals surface area contributed by atoms with Gasteiger partial charge in [-0.05, 0) is 36.3 Å². The maximum atomic E-state index is 11.1. The number of carboxylic acid groups (broad SMARTS) is 1. The standard InChI is InChI=1S/C16H22O4Si/c1-16(2,3)21(4,5)20-9-6-7-11-10(8-9)12-13(15(17)18)14(12)19-11/h6-8,12-14H,1-5H3,(H,17,18). The van der Waals surface area contributed by atoms with Crippen LogP contribution in [0.5, 0.6) is 11.5 Å². The summed E-state index contributed by atoms with van der Waals surface area (Å²) in [5.41, 5.74) is 0.989. The van der Waals surface area contributed by atoms with Crippen molar-refractivity contribution in [1.82, 2.24) is 0 Å². The first-order chi connectivity index (χ1) is 9.62. The molecule has 114 valence electrons. The topological polar surface area (TPSA) is 55.8 Å². The first-order valence-corrected chi connectivity index (χ1v) is 10.2. The average molecular weight is 306 g/mol. The number of ether oxygens (including phenoxy) is 1. The lowest BCUT2D eigenvalue weighted by Crippen LogP contribution is -2.43. The highest BCUT2D eigenvalue weighted by Gasteiger charge is 2.63. The molecule has 4 nitrogen and oxygen atoms in total. The number of hydrogen-bond donors (Lipinski definition) is 1. The van der Waals surface area contributed by atoms with Crippen LogP contribution in [0.15, 0.2) is 18.2 Å². The molecule has 5 heteroatoms. The summed E-state index contributed by atoms with van der Waals surface area (Å²) in [5, 5.41) is 9.28. The highest BCUT2D eigenvalue weighted by atomic mass is 28.4. The predicted octanol–water partition coefficient (Wildman–Crippen LogP) is 3.63. The zero-order valence-corrected chi connectivity index (χ0v) is 14.1. The molecular formula is C16H22O4Si. The third-order valence-corrected chi connectivity index (χ3v) is 9.38. The molecular weight excluding hydrogens is 284 g/mol. The van der Waals surface area contributed by atoms with E-state index in [0.29, 0.717) is 0 Å². The van der Waals surface area contributed by atoms with Crippen molar-refractivity contribution in [2.75, 3.05) is 0 Å². The molecule has 3 atom stereocenters. The van der Waals surface area contributed by atoms with Crippen molar-refractivity contribution in [3.63, 3.8) is 0 Å². The van der Waals surface area contributed by atoms with Crippen molar-refractivity contribution < 1.29 is 19.1 Å². The summed E-state index contributed by atoms with van der Waals surface area (Å²) in [6.45, 7) is 11.0. The van der Waals surface area contributed by atoms with Crippen LogP contribution >= 0.6 is 0 Å². The Labute approximate surface area is 126 Å². The lowest BCUT2D eigenvalue weighted by atomic mass is 10.1. The monoisotopic (exact) mass is 306 g/mol. The molecule has 3 unspecified atom stereocenters. The van der Waals surface area contributed by atoms with Crippen molar-refractivity contribution in [1.29, 1.82) is 0 Å². The van der Waals surface area contributed by atoms with Crippen LogP contribution in [0.25, 0.3) is 0 Å².